The van der Waals surface area contributed by atoms with Gasteiger partial charge in [0.25, 0.3) is 0 Å². The molecule has 27 heavy (non-hydrogen) atoms. The number of likely N-dealkylation sites (N-methyl/N-ethyl adjacent to an activating group) is 1. The summed E-state index contributed by atoms with van der Waals surface area (Å²) in [4.78, 5) is 6.56. The molecular formula is C22H32N4O. The molecule has 0 aliphatic rings. The smallest absolute Gasteiger partial charge is 0.191 e. The Labute approximate surface area is 163 Å². The van der Waals surface area contributed by atoms with Gasteiger partial charge in [0, 0.05) is 20.1 Å². The molecule has 5 heteroatoms. The molecule has 0 amide bonds. The molecule has 2 aromatic carbocycles. The van der Waals surface area contributed by atoms with Gasteiger partial charge in [0.1, 0.15) is 5.75 Å². The lowest BCUT2D eigenvalue weighted by Crippen LogP contribution is -2.42. The fourth-order valence-corrected chi connectivity index (χ4v) is 2.99. The van der Waals surface area contributed by atoms with Gasteiger partial charge in [0.05, 0.1) is 13.2 Å². The lowest BCUT2D eigenvalue weighted by atomic mass is 10.0. The molecule has 0 spiro atoms. The molecule has 0 heterocycles. The Balaban J connectivity index is 1.92. The first kappa shape index (κ1) is 20.8. The van der Waals surface area contributed by atoms with Crippen LogP contribution in [0, 0.1) is 0 Å². The normalized spacial score (nSPS) is 13.9. The van der Waals surface area contributed by atoms with E-state index in [9.17, 15) is 0 Å². The fraction of sp³-hybridized carbons (Fsp3) is 0.409. The van der Waals surface area contributed by atoms with E-state index in [1.165, 1.54) is 11.1 Å². The molecule has 2 rings (SSSR count). The Morgan fingerprint density at radius 2 is 1.59 bits per heavy atom. The van der Waals surface area contributed by atoms with Crippen molar-refractivity contribution in [3.8, 4) is 5.75 Å². The maximum Gasteiger partial charge on any atom is 0.191 e. The van der Waals surface area contributed by atoms with Crippen molar-refractivity contribution < 1.29 is 4.74 Å². The number of hydrogen-bond acceptors (Lipinski definition) is 3. The molecule has 0 aliphatic carbocycles. The Morgan fingerprint density at radius 1 is 0.963 bits per heavy atom. The van der Waals surface area contributed by atoms with Crippen LogP contribution in [0.25, 0.3) is 0 Å². The predicted molar refractivity (Wildman–Crippen MR) is 114 cm³/mol. The van der Waals surface area contributed by atoms with Crippen LogP contribution in [0.4, 0.5) is 0 Å². The van der Waals surface area contributed by atoms with Crippen LogP contribution in [-0.4, -0.2) is 52.2 Å². The minimum atomic E-state index is 0.237. The number of methoxy groups -OCH3 is 1. The first-order valence-corrected chi connectivity index (χ1v) is 9.35. The monoisotopic (exact) mass is 368 g/mol. The van der Waals surface area contributed by atoms with Crippen LogP contribution in [0.2, 0.25) is 0 Å². The summed E-state index contributed by atoms with van der Waals surface area (Å²) in [6.45, 7) is 3.81. The highest BCUT2D eigenvalue weighted by atomic mass is 16.5. The first-order valence-electron chi connectivity index (χ1n) is 9.35. The summed E-state index contributed by atoms with van der Waals surface area (Å²) in [6.07, 6.45) is 0. The zero-order valence-corrected chi connectivity index (χ0v) is 17.1. The zero-order chi connectivity index (χ0) is 19.6. The Bertz CT molecular complexity index is 698. The molecule has 2 atom stereocenters. The second-order valence-electron chi connectivity index (χ2n) is 6.90. The summed E-state index contributed by atoms with van der Waals surface area (Å²) in [7, 11) is 7.67. The third-order valence-electron chi connectivity index (χ3n) is 4.75. The van der Waals surface area contributed by atoms with Crippen LogP contribution in [0.3, 0.4) is 0 Å². The Hall–Kier alpha value is -2.53. The van der Waals surface area contributed by atoms with Gasteiger partial charge in [-0.3, -0.25) is 4.99 Å². The molecule has 0 saturated carbocycles. The van der Waals surface area contributed by atoms with Crippen molar-refractivity contribution in [3.05, 3.63) is 65.7 Å². The zero-order valence-electron chi connectivity index (χ0n) is 17.1. The fourth-order valence-electron chi connectivity index (χ4n) is 2.99. The number of nitrogens with zero attached hydrogens (tertiary/aromatic N) is 2. The molecule has 2 unspecified atom stereocenters. The molecule has 0 fully saturated rings. The van der Waals surface area contributed by atoms with E-state index in [1.54, 1.807) is 14.2 Å². The minimum absolute atomic E-state index is 0.237. The van der Waals surface area contributed by atoms with Crippen LogP contribution in [0.1, 0.15) is 30.0 Å². The van der Waals surface area contributed by atoms with E-state index in [-0.39, 0.29) is 6.04 Å². The van der Waals surface area contributed by atoms with Crippen molar-refractivity contribution in [1.82, 2.24) is 15.5 Å². The lowest BCUT2D eigenvalue weighted by Gasteiger charge is -2.26. The van der Waals surface area contributed by atoms with E-state index in [0.717, 1.165) is 24.8 Å². The lowest BCUT2D eigenvalue weighted by molar-refractivity contribution is 0.298. The SMILES string of the molecule is CN=C(NCC(C)c1ccccc1)NCC(c1ccc(OC)cc1)N(C)C. The van der Waals surface area contributed by atoms with E-state index in [1.807, 2.05) is 18.2 Å². The van der Waals surface area contributed by atoms with Gasteiger partial charge < -0.3 is 20.3 Å². The van der Waals surface area contributed by atoms with Gasteiger partial charge in [-0.25, -0.2) is 0 Å². The van der Waals surface area contributed by atoms with Gasteiger partial charge in [0.15, 0.2) is 5.96 Å². The van der Waals surface area contributed by atoms with Gasteiger partial charge in [-0.2, -0.15) is 0 Å². The molecule has 0 radical (unpaired) electrons. The number of rotatable bonds is 8. The maximum atomic E-state index is 5.26. The highest BCUT2D eigenvalue weighted by Crippen LogP contribution is 2.20. The quantitative estimate of drug-likeness (QED) is 0.555. The van der Waals surface area contributed by atoms with Crippen LogP contribution in [-0.2, 0) is 0 Å². The second kappa shape index (κ2) is 10.6. The molecule has 0 bridgehead atoms. The summed E-state index contributed by atoms with van der Waals surface area (Å²) in [6, 6.07) is 19.0. The van der Waals surface area contributed by atoms with Crippen LogP contribution in [0.15, 0.2) is 59.6 Å². The molecule has 0 saturated heterocycles. The number of benzene rings is 2. The van der Waals surface area contributed by atoms with Gasteiger partial charge in [-0.1, -0.05) is 49.4 Å². The summed E-state index contributed by atoms with van der Waals surface area (Å²) in [5, 5.41) is 6.88. The van der Waals surface area contributed by atoms with Gasteiger partial charge in [0.2, 0.25) is 0 Å². The topological polar surface area (TPSA) is 48.9 Å². The standard InChI is InChI=1S/C22H32N4O/c1-17(18-9-7-6-8-10-18)15-24-22(23-2)25-16-21(26(3)4)19-11-13-20(27-5)14-12-19/h6-14,17,21H,15-16H2,1-5H3,(H2,23,24,25). The van der Waals surface area contributed by atoms with E-state index in [4.69, 9.17) is 4.74 Å². The number of nitrogens with one attached hydrogen (secondary N) is 2. The van der Waals surface area contributed by atoms with Crippen molar-refractivity contribution in [2.75, 3.05) is 41.3 Å². The molecule has 5 nitrogen and oxygen atoms in total. The van der Waals surface area contributed by atoms with E-state index >= 15 is 0 Å². The largest absolute Gasteiger partial charge is 0.497 e. The average molecular weight is 369 g/mol. The number of guanidine groups is 1. The molecular weight excluding hydrogens is 336 g/mol. The molecule has 2 N–H and O–H groups in total. The highest BCUT2D eigenvalue weighted by molar-refractivity contribution is 5.79. The van der Waals surface area contributed by atoms with Crippen molar-refractivity contribution in [2.24, 2.45) is 4.99 Å². The van der Waals surface area contributed by atoms with Crippen LogP contribution in [0.5, 0.6) is 5.75 Å². The van der Waals surface area contributed by atoms with Crippen LogP contribution < -0.4 is 15.4 Å². The third kappa shape index (κ3) is 6.29. The summed E-state index contributed by atoms with van der Waals surface area (Å²) in [5.74, 6) is 2.10. The number of hydrogen-bond donors (Lipinski definition) is 2. The van der Waals surface area contributed by atoms with Gasteiger partial charge in [-0.05, 0) is 43.3 Å². The van der Waals surface area contributed by atoms with Crippen molar-refractivity contribution in [2.45, 2.75) is 18.9 Å². The summed E-state index contributed by atoms with van der Waals surface area (Å²) < 4.78 is 5.26. The number of ether oxygens (including phenoxy) is 1. The van der Waals surface area contributed by atoms with E-state index < -0.39 is 0 Å². The Morgan fingerprint density at radius 3 is 2.15 bits per heavy atom. The second-order valence-corrected chi connectivity index (χ2v) is 6.90. The average Bonchev–Trinajstić information content (AvgIpc) is 2.71. The van der Waals surface area contributed by atoms with Crippen molar-refractivity contribution in [3.63, 3.8) is 0 Å². The van der Waals surface area contributed by atoms with Gasteiger partial charge in [-0.15, -0.1) is 0 Å². The minimum Gasteiger partial charge on any atom is -0.497 e. The Kier molecular flexibility index (Phi) is 8.14. The third-order valence-corrected chi connectivity index (χ3v) is 4.75. The summed E-state index contributed by atoms with van der Waals surface area (Å²) in [5.41, 5.74) is 2.56. The van der Waals surface area contributed by atoms with Crippen LogP contribution >= 0.6 is 0 Å². The van der Waals surface area contributed by atoms with Crippen molar-refractivity contribution in [1.29, 1.82) is 0 Å². The van der Waals surface area contributed by atoms with Crippen molar-refractivity contribution >= 4 is 5.96 Å². The maximum absolute atomic E-state index is 5.26. The molecule has 2 aromatic rings. The van der Waals surface area contributed by atoms with E-state index in [2.05, 4.69) is 77.9 Å². The number of aliphatic imine (C=N–C) groups is 1. The predicted octanol–water partition coefficient (Wildman–Crippen LogP) is 3.27. The highest BCUT2D eigenvalue weighted by Gasteiger charge is 2.15. The molecule has 146 valence electrons. The van der Waals surface area contributed by atoms with Gasteiger partial charge >= 0.3 is 0 Å². The molecule has 0 aliphatic heterocycles. The van der Waals surface area contributed by atoms with E-state index in [0.29, 0.717) is 5.92 Å². The summed E-state index contributed by atoms with van der Waals surface area (Å²) >= 11 is 0. The first-order chi connectivity index (χ1) is 13.0. The molecule has 0 aromatic heterocycles.